The third-order valence-corrected chi connectivity index (χ3v) is 6.66. The van der Waals surface area contributed by atoms with Gasteiger partial charge >= 0.3 is 0 Å². The lowest BCUT2D eigenvalue weighted by molar-refractivity contribution is -0.206. The first kappa shape index (κ1) is 19.9. The maximum absolute atomic E-state index is 5.99. The summed E-state index contributed by atoms with van der Waals surface area (Å²) in [7, 11) is 0. The third kappa shape index (κ3) is 5.10. The molecule has 2 nitrogen and oxygen atoms in total. The van der Waals surface area contributed by atoms with E-state index in [1.165, 1.54) is 68.9 Å². The second kappa shape index (κ2) is 9.37. The molecule has 1 aliphatic heterocycles. The Morgan fingerprint density at radius 2 is 1.54 bits per heavy atom. The van der Waals surface area contributed by atoms with Crippen LogP contribution >= 0.6 is 0 Å². The Labute approximate surface area is 160 Å². The molecule has 26 heavy (non-hydrogen) atoms. The Hall–Kier alpha value is -0.860. The van der Waals surface area contributed by atoms with Gasteiger partial charge in [0, 0.05) is 11.5 Å². The van der Waals surface area contributed by atoms with E-state index in [0.717, 1.165) is 19.1 Å². The molecule has 3 rings (SSSR count). The Morgan fingerprint density at radius 1 is 0.923 bits per heavy atom. The average molecular weight is 359 g/mol. The predicted molar refractivity (Wildman–Crippen MR) is 108 cm³/mol. The third-order valence-electron chi connectivity index (χ3n) is 6.66. The molecular formula is C24H38O2. The largest absolute Gasteiger partial charge is 0.348 e. The maximum atomic E-state index is 5.99. The van der Waals surface area contributed by atoms with Crippen molar-refractivity contribution in [2.24, 2.45) is 11.3 Å². The van der Waals surface area contributed by atoms with Gasteiger partial charge in [0.15, 0.2) is 6.29 Å². The first-order valence-corrected chi connectivity index (χ1v) is 11.0. The SMILES string of the molecule is CCCCC1COC(c2ccc(C3CCC(C)(CCC)CC3)cc2)OC1. The first-order valence-electron chi connectivity index (χ1n) is 11.0. The lowest BCUT2D eigenvalue weighted by atomic mass is 9.68. The van der Waals surface area contributed by atoms with Crippen LogP contribution < -0.4 is 0 Å². The summed E-state index contributed by atoms with van der Waals surface area (Å²) in [5.74, 6) is 1.31. The molecule has 0 N–H and O–H groups in total. The molecule has 0 amide bonds. The Morgan fingerprint density at radius 3 is 2.12 bits per heavy atom. The van der Waals surface area contributed by atoms with E-state index in [-0.39, 0.29) is 6.29 Å². The number of rotatable bonds is 7. The van der Waals surface area contributed by atoms with Gasteiger partial charge in [-0.05, 0) is 55.4 Å². The minimum absolute atomic E-state index is 0.166. The molecule has 146 valence electrons. The molecule has 2 heteroatoms. The highest BCUT2D eigenvalue weighted by Crippen LogP contribution is 2.45. The fourth-order valence-electron chi connectivity index (χ4n) is 4.82. The summed E-state index contributed by atoms with van der Waals surface area (Å²) >= 11 is 0. The van der Waals surface area contributed by atoms with Crippen LogP contribution in [0.2, 0.25) is 0 Å². The van der Waals surface area contributed by atoms with Crippen molar-refractivity contribution < 1.29 is 9.47 Å². The van der Waals surface area contributed by atoms with E-state index in [9.17, 15) is 0 Å². The number of benzene rings is 1. The van der Waals surface area contributed by atoms with Gasteiger partial charge in [-0.25, -0.2) is 0 Å². The van der Waals surface area contributed by atoms with Gasteiger partial charge < -0.3 is 9.47 Å². The zero-order valence-electron chi connectivity index (χ0n) is 17.1. The molecule has 1 aliphatic carbocycles. The fourth-order valence-corrected chi connectivity index (χ4v) is 4.82. The number of ether oxygens (including phenoxy) is 2. The summed E-state index contributed by atoms with van der Waals surface area (Å²) < 4.78 is 12.0. The minimum atomic E-state index is -0.166. The molecular weight excluding hydrogens is 320 g/mol. The molecule has 0 radical (unpaired) electrons. The summed E-state index contributed by atoms with van der Waals surface area (Å²) in [6.07, 6.45) is 11.7. The van der Waals surface area contributed by atoms with Crippen molar-refractivity contribution in [2.75, 3.05) is 13.2 Å². The van der Waals surface area contributed by atoms with Crippen molar-refractivity contribution in [3.8, 4) is 0 Å². The normalized spacial score (nSPS) is 32.5. The van der Waals surface area contributed by atoms with E-state index in [1.807, 2.05) is 0 Å². The van der Waals surface area contributed by atoms with E-state index in [0.29, 0.717) is 11.3 Å². The van der Waals surface area contributed by atoms with Crippen LogP contribution in [0.25, 0.3) is 0 Å². The Balaban J connectivity index is 1.50. The molecule has 2 fully saturated rings. The summed E-state index contributed by atoms with van der Waals surface area (Å²) in [5, 5.41) is 0. The Bertz CT molecular complexity index is 520. The second-order valence-electron chi connectivity index (χ2n) is 9.01. The first-order chi connectivity index (χ1) is 12.6. The highest BCUT2D eigenvalue weighted by Gasteiger charge is 2.31. The average Bonchev–Trinajstić information content (AvgIpc) is 2.68. The molecule has 1 aromatic carbocycles. The molecule has 0 aromatic heterocycles. The van der Waals surface area contributed by atoms with Crippen LogP contribution in [0.3, 0.4) is 0 Å². The van der Waals surface area contributed by atoms with Gasteiger partial charge in [-0.1, -0.05) is 64.3 Å². The van der Waals surface area contributed by atoms with Gasteiger partial charge in [-0.3, -0.25) is 0 Å². The zero-order valence-corrected chi connectivity index (χ0v) is 17.1. The maximum Gasteiger partial charge on any atom is 0.183 e. The predicted octanol–water partition coefficient (Wildman–Crippen LogP) is 7.00. The van der Waals surface area contributed by atoms with Crippen molar-refractivity contribution in [1.29, 1.82) is 0 Å². The lowest BCUT2D eigenvalue weighted by Crippen LogP contribution is -2.27. The molecule has 1 saturated heterocycles. The molecule has 0 spiro atoms. The number of hydrogen-bond acceptors (Lipinski definition) is 2. The van der Waals surface area contributed by atoms with E-state index in [1.54, 1.807) is 0 Å². The van der Waals surface area contributed by atoms with Crippen LogP contribution in [0.4, 0.5) is 0 Å². The highest BCUT2D eigenvalue weighted by molar-refractivity contribution is 5.26. The minimum Gasteiger partial charge on any atom is -0.348 e. The summed E-state index contributed by atoms with van der Waals surface area (Å²) in [5.41, 5.74) is 3.27. The van der Waals surface area contributed by atoms with Crippen molar-refractivity contribution in [2.45, 2.75) is 90.8 Å². The zero-order chi connectivity index (χ0) is 18.4. The van der Waals surface area contributed by atoms with E-state index < -0.39 is 0 Å². The van der Waals surface area contributed by atoms with Crippen LogP contribution in [0, 0.1) is 11.3 Å². The van der Waals surface area contributed by atoms with Crippen LogP contribution in [0.5, 0.6) is 0 Å². The van der Waals surface area contributed by atoms with Gasteiger partial charge in [0.05, 0.1) is 13.2 Å². The van der Waals surface area contributed by atoms with Gasteiger partial charge in [-0.2, -0.15) is 0 Å². The van der Waals surface area contributed by atoms with Crippen LogP contribution in [-0.4, -0.2) is 13.2 Å². The monoisotopic (exact) mass is 358 g/mol. The topological polar surface area (TPSA) is 18.5 Å². The lowest BCUT2D eigenvalue weighted by Gasteiger charge is -2.37. The molecule has 0 unspecified atom stereocenters. The second-order valence-corrected chi connectivity index (χ2v) is 9.01. The summed E-state index contributed by atoms with van der Waals surface area (Å²) in [6.45, 7) is 8.72. The highest BCUT2D eigenvalue weighted by atomic mass is 16.7. The molecule has 1 saturated carbocycles. The number of hydrogen-bond donors (Lipinski definition) is 0. The van der Waals surface area contributed by atoms with Crippen molar-refractivity contribution in [3.63, 3.8) is 0 Å². The van der Waals surface area contributed by atoms with Crippen LogP contribution in [0.15, 0.2) is 24.3 Å². The Kier molecular flexibility index (Phi) is 7.17. The molecule has 2 aliphatic rings. The van der Waals surface area contributed by atoms with Crippen molar-refractivity contribution in [3.05, 3.63) is 35.4 Å². The summed E-state index contributed by atoms with van der Waals surface area (Å²) in [6, 6.07) is 9.09. The quantitative estimate of drug-likeness (QED) is 0.522. The van der Waals surface area contributed by atoms with Crippen LogP contribution in [0.1, 0.15) is 102 Å². The fraction of sp³-hybridized carbons (Fsp3) is 0.750. The molecule has 0 atom stereocenters. The summed E-state index contributed by atoms with van der Waals surface area (Å²) in [4.78, 5) is 0. The standard InChI is InChI=1S/C24H38O2/c1-4-6-7-19-17-25-23(26-18-19)22-10-8-20(9-11-22)21-12-15-24(3,14-5-2)16-13-21/h8-11,19,21,23H,4-7,12-18H2,1-3H3. The molecule has 1 aromatic rings. The van der Waals surface area contributed by atoms with Crippen molar-refractivity contribution in [1.82, 2.24) is 0 Å². The molecule has 1 heterocycles. The van der Waals surface area contributed by atoms with E-state index >= 15 is 0 Å². The van der Waals surface area contributed by atoms with E-state index in [4.69, 9.17) is 9.47 Å². The smallest absolute Gasteiger partial charge is 0.183 e. The van der Waals surface area contributed by atoms with E-state index in [2.05, 4.69) is 45.0 Å². The van der Waals surface area contributed by atoms with Gasteiger partial charge in [0.25, 0.3) is 0 Å². The van der Waals surface area contributed by atoms with Gasteiger partial charge in [0.2, 0.25) is 0 Å². The number of unbranched alkanes of at least 4 members (excludes halogenated alkanes) is 1. The van der Waals surface area contributed by atoms with Gasteiger partial charge in [0.1, 0.15) is 0 Å². The van der Waals surface area contributed by atoms with Crippen molar-refractivity contribution >= 4 is 0 Å². The van der Waals surface area contributed by atoms with Crippen LogP contribution in [-0.2, 0) is 9.47 Å². The van der Waals surface area contributed by atoms with Gasteiger partial charge in [-0.15, -0.1) is 0 Å². The molecule has 0 bridgehead atoms.